The van der Waals surface area contributed by atoms with Crippen molar-refractivity contribution in [1.82, 2.24) is 9.80 Å². The summed E-state index contributed by atoms with van der Waals surface area (Å²) in [5, 5.41) is 0. The van der Waals surface area contributed by atoms with Gasteiger partial charge in [0.1, 0.15) is 11.6 Å². The number of rotatable bonds is 5. The molecule has 2 aromatic carbocycles. The molecular formula is C27H36FN3O2. The fourth-order valence-electron chi connectivity index (χ4n) is 5.14. The second kappa shape index (κ2) is 9.72. The number of amides is 1. The van der Waals surface area contributed by atoms with Gasteiger partial charge in [-0.15, -0.1) is 0 Å². The molecule has 5 nitrogen and oxygen atoms in total. The maximum Gasteiger partial charge on any atom is 0.227 e. The average Bonchev–Trinajstić information content (AvgIpc) is 3.22. The molecule has 2 aliphatic heterocycles. The average molecular weight is 454 g/mol. The number of anilines is 1. The van der Waals surface area contributed by atoms with Gasteiger partial charge in [-0.2, -0.15) is 0 Å². The Morgan fingerprint density at radius 1 is 1.03 bits per heavy atom. The minimum atomic E-state index is -0.413. The zero-order valence-corrected chi connectivity index (χ0v) is 20.3. The summed E-state index contributed by atoms with van der Waals surface area (Å²) in [6, 6.07) is 15.1. The van der Waals surface area contributed by atoms with Crippen molar-refractivity contribution >= 4 is 11.6 Å². The number of nitrogens with zero attached hydrogens (tertiary/aromatic N) is 3. The Morgan fingerprint density at radius 2 is 1.76 bits per heavy atom. The van der Waals surface area contributed by atoms with Crippen LogP contribution in [0.2, 0.25) is 0 Å². The van der Waals surface area contributed by atoms with Gasteiger partial charge in [0.2, 0.25) is 5.91 Å². The normalized spacial score (nSPS) is 22.0. The van der Waals surface area contributed by atoms with E-state index in [-0.39, 0.29) is 17.6 Å². The van der Waals surface area contributed by atoms with Gasteiger partial charge in [0, 0.05) is 68.9 Å². The summed E-state index contributed by atoms with van der Waals surface area (Å²) >= 11 is 0. The van der Waals surface area contributed by atoms with E-state index in [2.05, 4.69) is 21.9 Å². The molecule has 2 aliphatic rings. The molecule has 2 saturated heterocycles. The van der Waals surface area contributed by atoms with Gasteiger partial charge in [0.25, 0.3) is 0 Å². The van der Waals surface area contributed by atoms with Crippen LogP contribution in [0.1, 0.15) is 32.3 Å². The summed E-state index contributed by atoms with van der Waals surface area (Å²) in [5.41, 5.74) is 1.78. The SMILES string of the molecule is COc1cccc(N2CCN(C[C@H]3CN(C(=O)C(C)(C)C)C[C@H]3c3cccc(F)c3)CC2)c1. The highest BCUT2D eigenvalue weighted by Gasteiger charge is 2.40. The summed E-state index contributed by atoms with van der Waals surface area (Å²) in [6.45, 7) is 12.1. The highest BCUT2D eigenvalue weighted by atomic mass is 19.1. The summed E-state index contributed by atoms with van der Waals surface area (Å²) < 4.78 is 19.4. The highest BCUT2D eigenvalue weighted by Crippen LogP contribution is 2.36. The van der Waals surface area contributed by atoms with E-state index < -0.39 is 5.41 Å². The molecule has 0 saturated carbocycles. The van der Waals surface area contributed by atoms with Gasteiger partial charge < -0.3 is 14.5 Å². The van der Waals surface area contributed by atoms with E-state index in [0.29, 0.717) is 12.5 Å². The Kier molecular flexibility index (Phi) is 6.94. The first-order valence-electron chi connectivity index (χ1n) is 11.9. The highest BCUT2D eigenvalue weighted by molar-refractivity contribution is 5.82. The van der Waals surface area contributed by atoms with Crippen LogP contribution < -0.4 is 9.64 Å². The third kappa shape index (κ3) is 5.49. The van der Waals surface area contributed by atoms with Gasteiger partial charge in [0.15, 0.2) is 0 Å². The summed E-state index contributed by atoms with van der Waals surface area (Å²) in [4.78, 5) is 19.9. The Hall–Kier alpha value is -2.60. The maximum atomic E-state index is 14.0. The van der Waals surface area contributed by atoms with Gasteiger partial charge in [-0.3, -0.25) is 9.69 Å². The zero-order chi connectivity index (χ0) is 23.6. The molecule has 4 rings (SSSR count). The van der Waals surface area contributed by atoms with Crippen LogP contribution in [0, 0.1) is 17.2 Å². The lowest BCUT2D eigenvalue weighted by atomic mass is 9.88. The van der Waals surface area contributed by atoms with Crippen LogP contribution in [0.4, 0.5) is 10.1 Å². The molecule has 2 atom stereocenters. The Bertz CT molecular complexity index is 966. The fourth-order valence-corrected chi connectivity index (χ4v) is 5.14. The van der Waals surface area contributed by atoms with E-state index in [1.807, 2.05) is 43.9 Å². The summed E-state index contributed by atoms with van der Waals surface area (Å²) in [5.74, 6) is 1.29. The monoisotopic (exact) mass is 453 g/mol. The maximum absolute atomic E-state index is 14.0. The molecule has 2 fully saturated rings. The van der Waals surface area contributed by atoms with Crippen LogP contribution in [-0.4, -0.2) is 68.6 Å². The van der Waals surface area contributed by atoms with Crippen molar-refractivity contribution in [2.45, 2.75) is 26.7 Å². The summed E-state index contributed by atoms with van der Waals surface area (Å²) in [6.07, 6.45) is 0. The van der Waals surface area contributed by atoms with Gasteiger partial charge in [-0.25, -0.2) is 4.39 Å². The molecule has 178 valence electrons. The van der Waals surface area contributed by atoms with Crippen LogP contribution in [-0.2, 0) is 4.79 Å². The third-order valence-corrected chi connectivity index (χ3v) is 6.93. The smallest absolute Gasteiger partial charge is 0.227 e. The first kappa shape index (κ1) is 23.6. The molecule has 0 spiro atoms. The molecule has 0 N–H and O–H groups in total. The number of halogens is 1. The van der Waals surface area contributed by atoms with E-state index >= 15 is 0 Å². The Morgan fingerprint density at radius 3 is 2.42 bits per heavy atom. The number of carbonyl (C=O) groups is 1. The van der Waals surface area contributed by atoms with Crippen molar-refractivity contribution in [2.24, 2.45) is 11.3 Å². The molecule has 6 heteroatoms. The van der Waals surface area contributed by atoms with Crippen LogP contribution in [0.25, 0.3) is 0 Å². The molecule has 0 bridgehead atoms. The molecular weight excluding hydrogens is 417 g/mol. The van der Waals surface area contributed by atoms with Gasteiger partial charge >= 0.3 is 0 Å². The lowest BCUT2D eigenvalue weighted by molar-refractivity contribution is -0.138. The first-order chi connectivity index (χ1) is 15.7. The van der Waals surface area contributed by atoms with Crippen molar-refractivity contribution in [3.05, 3.63) is 59.9 Å². The number of piperazine rings is 1. The number of hydrogen-bond donors (Lipinski definition) is 0. The van der Waals surface area contributed by atoms with Gasteiger partial charge in [-0.1, -0.05) is 39.0 Å². The molecule has 0 aromatic heterocycles. The number of carbonyl (C=O) groups excluding carboxylic acids is 1. The molecule has 2 aromatic rings. The second-order valence-electron chi connectivity index (χ2n) is 10.4. The number of benzene rings is 2. The van der Waals surface area contributed by atoms with E-state index in [4.69, 9.17) is 4.74 Å². The molecule has 2 heterocycles. The Labute approximate surface area is 197 Å². The van der Waals surface area contributed by atoms with Crippen LogP contribution in [0.15, 0.2) is 48.5 Å². The van der Waals surface area contributed by atoms with Crippen LogP contribution in [0.3, 0.4) is 0 Å². The summed E-state index contributed by atoms with van der Waals surface area (Å²) in [7, 11) is 1.70. The predicted octanol–water partition coefficient (Wildman–Crippen LogP) is 4.24. The van der Waals surface area contributed by atoms with Crippen molar-refractivity contribution in [3.8, 4) is 5.75 Å². The molecule has 0 radical (unpaired) electrons. The predicted molar refractivity (Wildman–Crippen MR) is 130 cm³/mol. The number of methoxy groups -OCH3 is 1. The minimum Gasteiger partial charge on any atom is -0.497 e. The van der Waals surface area contributed by atoms with Crippen LogP contribution >= 0.6 is 0 Å². The second-order valence-corrected chi connectivity index (χ2v) is 10.4. The van der Waals surface area contributed by atoms with Crippen LogP contribution in [0.5, 0.6) is 5.75 Å². The lowest BCUT2D eigenvalue weighted by Crippen LogP contribution is -2.48. The molecule has 0 unspecified atom stereocenters. The van der Waals surface area contributed by atoms with Crippen molar-refractivity contribution in [2.75, 3.05) is 57.8 Å². The fraction of sp³-hybridized carbons (Fsp3) is 0.519. The first-order valence-corrected chi connectivity index (χ1v) is 11.9. The minimum absolute atomic E-state index is 0.156. The zero-order valence-electron chi connectivity index (χ0n) is 20.3. The molecule has 0 aliphatic carbocycles. The largest absolute Gasteiger partial charge is 0.497 e. The topological polar surface area (TPSA) is 36.0 Å². The number of ether oxygens (including phenoxy) is 1. The van der Waals surface area contributed by atoms with E-state index in [1.54, 1.807) is 19.2 Å². The standard InChI is InChI=1S/C27H36FN3O2/c1-27(2,3)26(32)31-18-21(25(19-31)20-7-5-8-22(28)15-20)17-29-11-13-30(14-12-29)23-9-6-10-24(16-23)33-4/h5-10,15-16,21,25H,11-14,17-19H2,1-4H3/t21-,25-/m0/s1. The lowest BCUT2D eigenvalue weighted by Gasteiger charge is -2.38. The van der Waals surface area contributed by atoms with Crippen molar-refractivity contribution in [1.29, 1.82) is 0 Å². The number of likely N-dealkylation sites (tertiary alicyclic amines) is 1. The van der Waals surface area contributed by atoms with E-state index in [0.717, 1.165) is 50.6 Å². The van der Waals surface area contributed by atoms with Crippen molar-refractivity contribution < 1.29 is 13.9 Å². The molecule has 33 heavy (non-hydrogen) atoms. The third-order valence-electron chi connectivity index (χ3n) is 6.93. The van der Waals surface area contributed by atoms with E-state index in [9.17, 15) is 9.18 Å². The van der Waals surface area contributed by atoms with Crippen molar-refractivity contribution in [3.63, 3.8) is 0 Å². The molecule has 1 amide bonds. The number of hydrogen-bond acceptors (Lipinski definition) is 4. The van der Waals surface area contributed by atoms with Gasteiger partial charge in [0.05, 0.1) is 7.11 Å². The Balaban J connectivity index is 1.44. The van der Waals surface area contributed by atoms with E-state index in [1.165, 1.54) is 11.8 Å². The van der Waals surface area contributed by atoms with Gasteiger partial charge in [-0.05, 0) is 35.7 Å². The quantitative estimate of drug-likeness (QED) is 0.678.